The van der Waals surface area contributed by atoms with Gasteiger partial charge in [0.25, 0.3) is 0 Å². The van der Waals surface area contributed by atoms with Crippen LogP contribution in [0, 0.1) is 0 Å². The van der Waals surface area contributed by atoms with Crippen LogP contribution in [-0.2, 0) is 14.6 Å². The normalized spacial score (nSPS) is 31.9. The van der Waals surface area contributed by atoms with Gasteiger partial charge in [-0.15, -0.1) is 0 Å². The van der Waals surface area contributed by atoms with E-state index in [0.717, 1.165) is 18.4 Å². The summed E-state index contributed by atoms with van der Waals surface area (Å²) < 4.78 is 29.8. The van der Waals surface area contributed by atoms with Gasteiger partial charge in [-0.2, -0.15) is 0 Å². The molecule has 20 heavy (non-hydrogen) atoms. The zero-order valence-electron chi connectivity index (χ0n) is 11.7. The van der Waals surface area contributed by atoms with Crippen LogP contribution in [0.25, 0.3) is 0 Å². The standard InChI is InChI=1S/C15H21NO3S/c1-19-14-7-4-6-13(14)16-12-9-10-20(17,18)15-8-3-2-5-11(12)15/h2-3,5,8,12-14,16H,4,6-7,9-10H2,1H3. The first-order chi connectivity index (χ1) is 9.62. The van der Waals surface area contributed by atoms with Gasteiger partial charge in [0.05, 0.1) is 16.8 Å². The molecule has 3 rings (SSSR count). The topological polar surface area (TPSA) is 55.4 Å². The Hall–Kier alpha value is -0.910. The Bertz CT molecular complexity index is 585. The number of sulfone groups is 1. The Kier molecular flexibility index (Phi) is 3.84. The van der Waals surface area contributed by atoms with Crippen molar-refractivity contribution >= 4 is 9.84 Å². The molecular formula is C15H21NO3S. The number of hydrogen-bond acceptors (Lipinski definition) is 4. The molecule has 0 saturated heterocycles. The Morgan fingerprint density at radius 3 is 2.80 bits per heavy atom. The third-order valence-corrected chi connectivity index (χ3v) is 6.29. The lowest BCUT2D eigenvalue weighted by atomic mass is 10.0. The van der Waals surface area contributed by atoms with Gasteiger partial charge in [-0.25, -0.2) is 8.42 Å². The van der Waals surface area contributed by atoms with E-state index in [1.54, 1.807) is 19.2 Å². The quantitative estimate of drug-likeness (QED) is 0.927. The molecule has 0 spiro atoms. The molecule has 5 heteroatoms. The number of ether oxygens (including phenoxy) is 1. The third-order valence-electron chi connectivity index (χ3n) is 4.48. The van der Waals surface area contributed by atoms with Crippen LogP contribution in [-0.4, -0.2) is 33.4 Å². The minimum absolute atomic E-state index is 0.121. The molecule has 0 bridgehead atoms. The molecule has 1 aromatic rings. The smallest absolute Gasteiger partial charge is 0.178 e. The van der Waals surface area contributed by atoms with Crippen LogP contribution in [0.1, 0.15) is 37.3 Å². The van der Waals surface area contributed by atoms with Gasteiger partial charge in [0.2, 0.25) is 0 Å². The van der Waals surface area contributed by atoms with E-state index in [1.807, 2.05) is 12.1 Å². The van der Waals surface area contributed by atoms with Crippen molar-refractivity contribution in [1.29, 1.82) is 0 Å². The summed E-state index contributed by atoms with van der Waals surface area (Å²) in [6, 6.07) is 7.82. The molecule has 1 saturated carbocycles. The minimum atomic E-state index is -3.10. The second-order valence-electron chi connectivity index (χ2n) is 5.68. The maximum Gasteiger partial charge on any atom is 0.178 e. The second kappa shape index (κ2) is 5.47. The van der Waals surface area contributed by atoms with Gasteiger partial charge in [-0.1, -0.05) is 18.2 Å². The maximum absolute atomic E-state index is 12.1. The monoisotopic (exact) mass is 295 g/mol. The van der Waals surface area contributed by atoms with E-state index < -0.39 is 9.84 Å². The van der Waals surface area contributed by atoms with Gasteiger partial charge >= 0.3 is 0 Å². The average Bonchev–Trinajstić information content (AvgIpc) is 2.90. The molecule has 0 amide bonds. The van der Waals surface area contributed by atoms with Crippen LogP contribution >= 0.6 is 0 Å². The van der Waals surface area contributed by atoms with Crippen LogP contribution in [0.3, 0.4) is 0 Å². The second-order valence-corrected chi connectivity index (χ2v) is 7.75. The summed E-state index contributed by atoms with van der Waals surface area (Å²) >= 11 is 0. The summed E-state index contributed by atoms with van der Waals surface area (Å²) in [4.78, 5) is 0.496. The van der Waals surface area contributed by atoms with E-state index in [-0.39, 0.29) is 17.9 Å². The molecule has 4 nitrogen and oxygen atoms in total. The fraction of sp³-hybridized carbons (Fsp3) is 0.600. The maximum atomic E-state index is 12.1. The highest BCUT2D eigenvalue weighted by molar-refractivity contribution is 7.91. The molecule has 1 heterocycles. The molecule has 1 aromatic carbocycles. The molecule has 1 N–H and O–H groups in total. The van der Waals surface area contributed by atoms with Crippen LogP contribution in [0.2, 0.25) is 0 Å². The van der Waals surface area contributed by atoms with Crippen molar-refractivity contribution in [3.05, 3.63) is 29.8 Å². The number of rotatable bonds is 3. The summed E-state index contributed by atoms with van der Waals surface area (Å²) in [5.41, 5.74) is 0.917. The molecule has 0 aromatic heterocycles. The van der Waals surface area contributed by atoms with Crippen molar-refractivity contribution in [3.8, 4) is 0 Å². The van der Waals surface area contributed by atoms with Gasteiger partial charge in [0.1, 0.15) is 0 Å². The Morgan fingerprint density at radius 1 is 1.20 bits per heavy atom. The summed E-state index contributed by atoms with van der Waals surface area (Å²) in [5.74, 6) is 0.228. The predicted molar refractivity (Wildman–Crippen MR) is 77.4 cm³/mol. The number of methoxy groups -OCH3 is 1. The van der Waals surface area contributed by atoms with E-state index in [2.05, 4.69) is 5.32 Å². The fourth-order valence-corrected chi connectivity index (χ4v) is 5.04. The van der Waals surface area contributed by atoms with Gasteiger partial charge in [-0.3, -0.25) is 0 Å². The summed E-state index contributed by atoms with van der Waals surface area (Å²) in [5, 5.41) is 3.62. The Morgan fingerprint density at radius 2 is 2.00 bits per heavy atom. The molecule has 2 aliphatic rings. The highest BCUT2D eigenvalue weighted by Crippen LogP contribution is 2.34. The summed E-state index contributed by atoms with van der Waals surface area (Å²) in [7, 11) is -1.35. The Labute approximate surface area is 120 Å². The molecule has 1 fully saturated rings. The minimum Gasteiger partial charge on any atom is -0.380 e. The highest BCUT2D eigenvalue weighted by atomic mass is 32.2. The lowest BCUT2D eigenvalue weighted by Gasteiger charge is -2.30. The van der Waals surface area contributed by atoms with Crippen LogP contribution in [0.4, 0.5) is 0 Å². The largest absolute Gasteiger partial charge is 0.380 e. The zero-order valence-corrected chi connectivity index (χ0v) is 12.5. The molecule has 3 unspecified atom stereocenters. The zero-order chi connectivity index (χ0) is 14.2. The number of nitrogens with one attached hydrogen (secondary N) is 1. The number of benzene rings is 1. The first kappa shape index (κ1) is 14.0. The molecule has 0 radical (unpaired) electrons. The van der Waals surface area contributed by atoms with Crippen molar-refractivity contribution in [2.24, 2.45) is 0 Å². The van der Waals surface area contributed by atoms with Gasteiger partial charge in [0, 0.05) is 19.2 Å². The lowest BCUT2D eigenvalue weighted by Crippen LogP contribution is -2.41. The van der Waals surface area contributed by atoms with Crippen molar-refractivity contribution < 1.29 is 13.2 Å². The lowest BCUT2D eigenvalue weighted by molar-refractivity contribution is 0.0808. The van der Waals surface area contributed by atoms with E-state index in [4.69, 9.17) is 4.74 Å². The van der Waals surface area contributed by atoms with Gasteiger partial charge in [-0.05, 0) is 37.3 Å². The molecular weight excluding hydrogens is 274 g/mol. The van der Waals surface area contributed by atoms with Gasteiger partial charge < -0.3 is 10.1 Å². The molecule has 1 aliphatic heterocycles. The predicted octanol–water partition coefficient (Wildman–Crippen LogP) is 2.06. The third kappa shape index (κ3) is 2.50. The molecule has 110 valence electrons. The van der Waals surface area contributed by atoms with Gasteiger partial charge in [0.15, 0.2) is 9.84 Å². The summed E-state index contributed by atoms with van der Waals surface area (Å²) in [6.07, 6.45) is 4.25. The number of fused-ring (bicyclic) bond motifs is 1. The van der Waals surface area contributed by atoms with E-state index in [1.165, 1.54) is 6.42 Å². The van der Waals surface area contributed by atoms with Crippen LogP contribution < -0.4 is 5.32 Å². The van der Waals surface area contributed by atoms with Crippen LogP contribution in [0.15, 0.2) is 29.2 Å². The Balaban J connectivity index is 1.85. The van der Waals surface area contributed by atoms with E-state index >= 15 is 0 Å². The average molecular weight is 295 g/mol. The van der Waals surface area contributed by atoms with Crippen LogP contribution in [0.5, 0.6) is 0 Å². The molecule has 1 aliphatic carbocycles. The highest BCUT2D eigenvalue weighted by Gasteiger charge is 2.34. The summed E-state index contributed by atoms with van der Waals surface area (Å²) in [6.45, 7) is 0. The fourth-order valence-electron chi connectivity index (χ4n) is 3.42. The first-order valence-electron chi connectivity index (χ1n) is 7.22. The van der Waals surface area contributed by atoms with Crippen molar-refractivity contribution in [2.75, 3.05) is 12.9 Å². The van der Waals surface area contributed by atoms with Crippen molar-refractivity contribution in [3.63, 3.8) is 0 Å². The van der Waals surface area contributed by atoms with Crippen molar-refractivity contribution in [2.45, 2.75) is 48.8 Å². The van der Waals surface area contributed by atoms with E-state index in [9.17, 15) is 8.42 Å². The number of hydrogen-bond donors (Lipinski definition) is 1. The van der Waals surface area contributed by atoms with E-state index in [0.29, 0.717) is 17.4 Å². The molecule has 3 atom stereocenters. The SMILES string of the molecule is COC1CCCC1NC1CCS(=O)(=O)c2ccccc21. The van der Waals surface area contributed by atoms with Crippen molar-refractivity contribution in [1.82, 2.24) is 5.32 Å². The first-order valence-corrected chi connectivity index (χ1v) is 8.87.